The summed E-state index contributed by atoms with van der Waals surface area (Å²) >= 11 is 3.53. The molecular formula is C23H24BrNO2. The molecule has 140 valence electrons. The number of aliphatic hydroxyl groups excluding tert-OH is 1. The van der Waals surface area contributed by atoms with Gasteiger partial charge in [0, 0.05) is 23.1 Å². The molecule has 0 bridgehead atoms. The molecule has 0 amide bonds. The van der Waals surface area contributed by atoms with Gasteiger partial charge in [-0.05, 0) is 36.2 Å². The van der Waals surface area contributed by atoms with E-state index >= 15 is 0 Å². The first kappa shape index (κ1) is 19.6. The van der Waals surface area contributed by atoms with Crippen molar-refractivity contribution in [1.82, 2.24) is 5.32 Å². The summed E-state index contributed by atoms with van der Waals surface area (Å²) in [6.07, 6.45) is -0.532. The lowest BCUT2D eigenvalue weighted by atomic mass is 10.1. The van der Waals surface area contributed by atoms with Gasteiger partial charge in [0.15, 0.2) is 0 Å². The maximum atomic E-state index is 10.3. The summed E-state index contributed by atoms with van der Waals surface area (Å²) in [5.41, 5.74) is 4.35. The molecule has 0 fully saturated rings. The van der Waals surface area contributed by atoms with E-state index in [4.69, 9.17) is 4.74 Å². The first-order valence-electron chi connectivity index (χ1n) is 9.02. The minimum absolute atomic E-state index is 0.480. The van der Waals surface area contributed by atoms with Gasteiger partial charge in [0.2, 0.25) is 0 Å². The Morgan fingerprint density at radius 2 is 1.74 bits per heavy atom. The van der Waals surface area contributed by atoms with Crippen molar-refractivity contribution in [2.24, 2.45) is 0 Å². The van der Waals surface area contributed by atoms with Gasteiger partial charge in [-0.15, -0.1) is 0 Å². The summed E-state index contributed by atoms with van der Waals surface area (Å²) < 4.78 is 7.04. The molecule has 0 heterocycles. The third-order valence-electron chi connectivity index (χ3n) is 4.37. The number of nitrogens with one attached hydrogen (secondary N) is 1. The lowest BCUT2D eigenvalue weighted by Crippen LogP contribution is -2.21. The zero-order valence-corrected chi connectivity index (χ0v) is 16.9. The molecule has 3 aromatic carbocycles. The van der Waals surface area contributed by atoms with Gasteiger partial charge in [-0.3, -0.25) is 0 Å². The number of halogens is 1. The van der Waals surface area contributed by atoms with Crippen molar-refractivity contribution < 1.29 is 9.84 Å². The Hall–Kier alpha value is -2.14. The highest BCUT2D eigenvalue weighted by Gasteiger charge is 2.09. The van der Waals surface area contributed by atoms with Crippen molar-refractivity contribution in [3.8, 4) is 5.75 Å². The quantitative estimate of drug-likeness (QED) is 0.523. The Morgan fingerprint density at radius 3 is 2.48 bits per heavy atom. The van der Waals surface area contributed by atoms with Crippen LogP contribution < -0.4 is 10.1 Å². The van der Waals surface area contributed by atoms with Crippen LogP contribution in [0.5, 0.6) is 5.75 Å². The summed E-state index contributed by atoms with van der Waals surface area (Å²) in [5, 5.41) is 13.6. The predicted octanol–water partition coefficient (Wildman–Crippen LogP) is 5.16. The van der Waals surface area contributed by atoms with E-state index in [0.29, 0.717) is 19.7 Å². The second-order valence-corrected chi connectivity index (χ2v) is 7.50. The molecular weight excluding hydrogens is 402 g/mol. The van der Waals surface area contributed by atoms with Crippen molar-refractivity contribution in [1.29, 1.82) is 0 Å². The highest BCUT2D eigenvalue weighted by molar-refractivity contribution is 9.10. The topological polar surface area (TPSA) is 41.5 Å². The summed E-state index contributed by atoms with van der Waals surface area (Å²) in [6.45, 7) is 3.70. The van der Waals surface area contributed by atoms with Gasteiger partial charge in [0.25, 0.3) is 0 Å². The second-order valence-electron chi connectivity index (χ2n) is 6.58. The Labute approximate surface area is 169 Å². The van der Waals surface area contributed by atoms with Crippen LogP contribution in [0.2, 0.25) is 0 Å². The van der Waals surface area contributed by atoms with Crippen LogP contribution in [0.25, 0.3) is 0 Å². The molecule has 0 radical (unpaired) electrons. The third-order valence-corrected chi connectivity index (χ3v) is 4.87. The van der Waals surface area contributed by atoms with Crippen LogP contribution in [0.3, 0.4) is 0 Å². The van der Waals surface area contributed by atoms with Crippen LogP contribution in [0, 0.1) is 6.92 Å². The van der Waals surface area contributed by atoms with E-state index in [0.717, 1.165) is 26.9 Å². The molecule has 0 aliphatic heterocycles. The van der Waals surface area contributed by atoms with E-state index in [1.165, 1.54) is 5.56 Å². The smallest absolute Gasteiger partial charge is 0.124 e. The first-order valence-corrected chi connectivity index (χ1v) is 9.81. The van der Waals surface area contributed by atoms with Gasteiger partial charge in [0.05, 0.1) is 6.10 Å². The number of ether oxygens (including phenoxy) is 1. The standard InChI is InChI=1S/C23H24BrNO2/c1-17-7-9-18(10-8-17)16-27-23-12-11-21(24)13-20(23)14-25-15-22(26)19-5-3-2-4-6-19/h2-13,22,25-26H,14-16H2,1H3/t22-/m0/s1. The van der Waals surface area contributed by atoms with Crippen molar-refractivity contribution in [2.45, 2.75) is 26.2 Å². The fourth-order valence-corrected chi connectivity index (χ4v) is 3.22. The fraction of sp³-hybridized carbons (Fsp3) is 0.217. The molecule has 0 unspecified atom stereocenters. The van der Waals surface area contributed by atoms with Crippen LogP contribution in [0.4, 0.5) is 0 Å². The van der Waals surface area contributed by atoms with Gasteiger partial charge in [0.1, 0.15) is 12.4 Å². The molecule has 0 saturated heterocycles. The summed E-state index contributed by atoms with van der Waals surface area (Å²) in [5.74, 6) is 0.848. The van der Waals surface area contributed by atoms with Crippen LogP contribution in [-0.4, -0.2) is 11.7 Å². The van der Waals surface area contributed by atoms with Crippen LogP contribution in [-0.2, 0) is 13.2 Å². The maximum Gasteiger partial charge on any atom is 0.124 e. The zero-order chi connectivity index (χ0) is 19.1. The van der Waals surface area contributed by atoms with Crippen molar-refractivity contribution in [3.63, 3.8) is 0 Å². The minimum Gasteiger partial charge on any atom is -0.489 e. The Morgan fingerprint density at radius 1 is 1.00 bits per heavy atom. The summed E-state index contributed by atoms with van der Waals surface area (Å²) in [7, 11) is 0. The normalized spacial score (nSPS) is 12.0. The number of aryl methyl sites for hydroxylation is 1. The number of benzene rings is 3. The zero-order valence-electron chi connectivity index (χ0n) is 15.4. The van der Waals surface area contributed by atoms with E-state index < -0.39 is 6.10 Å². The van der Waals surface area contributed by atoms with Crippen LogP contribution in [0.15, 0.2) is 77.3 Å². The van der Waals surface area contributed by atoms with E-state index in [1.807, 2.05) is 48.5 Å². The van der Waals surface area contributed by atoms with Gasteiger partial charge >= 0.3 is 0 Å². The van der Waals surface area contributed by atoms with Crippen molar-refractivity contribution in [3.05, 3.63) is 99.5 Å². The van der Waals surface area contributed by atoms with E-state index in [9.17, 15) is 5.11 Å². The summed E-state index contributed by atoms with van der Waals surface area (Å²) in [4.78, 5) is 0. The molecule has 0 spiro atoms. The van der Waals surface area contributed by atoms with Gasteiger partial charge in [-0.25, -0.2) is 0 Å². The molecule has 0 aliphatic rings. The highest BCUT2D eigenvalue weighted by Crippen LogP contribution is 2.24. The average molecular weight is 426 g/mol. The lowest BCUT2D eigenvalue weighted by Gasteiger charge is -2.15. The minimum atomic E-state index is -0.532. The molecule has 27 heavy (non-hydrogen) atoms. The Kier molecular flexibility index (Phi) is 7.04. The average Bonchev–Trinajstić information content (AvgIpc) is 2.69. The molecule has 0 saturated carbocycles. The molecule has 1 atom stereocenters. The Balaban J connectivity index is 1.59. The lowest BCUT2D eigenvalue weighted by molar-refractivity contribution is 0.174. The summed E-state index contributed by atoms with van der Waals surface area (Å²) in [6, 6.07) is 24.0. The van der Waals surface area contributed by atoms with Gasteiger partial charge in [-0.2, -0.15) is 0 Å². The monoisotopic (exact) mass is 425 g/mol. The van der Waals surface area contributed by atoms with E-state index in [-0.39, 0.29) is 0 Å². The predicted molar refractivity (Wildman–Crippen MR) is 113 cm³/mol. The van der Waals surface area contributed by atoms with Crippen LogP contribution in [0.1, 0.15) is 28.4 Å². The highest BCUT2D eigenvalue weighted by atomic mass is 79.9. The second kappa shape index (κ2) is 9.70. The maximum absolute atomic E-state index is 10.3. The molecule has 0 aromatic heterocycles. The largest absolute Gasteiger partial charge is 0.489 e. The number of hydrogen-bond donors (Lipinski definition) is 2. The number of hydrogen-bond acceptors (Lipinski definition) is 3. The molecule has 0 aliphatic carbocycles. The first-order chi connectivity index (χ1) is 13.1. The molecule has 3 rings (SSSR count). The third kappa shape index (κ3) is 5.93. The van der Waals surface area contributed by atoms with Crippen LogP contribution >= 0.6 is 15.9 Å². The van der Waals surface area contributed by atoms with E-state index in [1.54, 1.807) is 0 Å². The fourth-order valence-electron chi connectivity index (χ4n) is 2.81. The Bertz CT molecular complexity index is 850. The van der Waals surface area contributed by atoms with Crippen molar-refractivity contribution in [2.75, 3.05) is 6.54 Å². The van der Waals surface area contributed by atoms with Crippen molar-refractivity contribution >= 4 is 15.9 Å². The number of rotatable bonds is 8. The van der Waals surface area contributed by atoms with Gasteiger partial charge in [-0.1, -0.05) is 76.1 Å². The SMILES string of the molecule is Cc1ccc(COc2ccc(Br)cc2CNC[C@H](O)c2ccccc2)cc1. The molecule has 4 heteroatoms. The number of aliphatic hydroxyl groups is 1. The van der Waals surface area contributed by atoms with Gasteiger partial charge < -0.3 is 15.2 Å². The molecule has 3 nitrogen and oxygen atoms in total. The molecule has 3 aromatic rings. The van der Waals surface area contributed by atoms with E-state index in [2.05, 4.69) is 52.4 Å². The molecule has 2 N–H and O–H groups in total.